The van der Waals surface area contributed by atoms with Crippen molar-refractivity contribution in [3.05, 3.63) is 23.8 Å². The second-order valence-corrected chi connectivity index (χ2v) is 5.29. The summed E-state index contributed by atoms with van der Waals surface area (Å²) in [4.78, 5) is 0. The minimum Gasteiger partial charge on any atom is -0.493 e. The zero-order valence-electron chi connectivity index (χ0n) is 13.6. The van der Waals surface area contributed by atoms with E-state index in [0.29, 0.717) is 13.2 Å². The molecule has 120 valence electrons. The minimum absolute atomic E-state index is 0.264. The zero-order chi connectivity index (χ0) is 15.7. The van der Waals surface area contributed by atoms with E-state index in [1.165, 1.54) is 0 Å². The van der Waals surface area contributed by atoms with Gasteiger partial charge in [0.05, 0.1) is 19.8 Å². The van der Waals surface area contributed by atoms with Gasteiger partial charge in [0, 0.05) is 20.1 Å². The Morgan fingerprint density at radius 1 is 1.14 bits per heavy atom. The molecule has 0 saturated carbocycles. The maximum absolute atomic E-state index is 9.77. The maximum Gasteiger partial charge on any atom is 0.161 e. The van der Waals surface area contributed by atoms with Crippen molar-refractivity contribution in [1.82, 2.24) is 0 Å². The molecule has 0 aliphatic heterocycles. The topological polar surface area (TPSA) is 47.9 Å². The predicted molar refractivity (Wildman–Crippen MR) is 84.1 cm³/mol. The van der Waals surface area contributed by atoms with Gasteiger partial charge in [0.2, 0.25) is 0 Å². The summed E-state index contributed by atoms with van der Waals surface area (Å²) in [6, 6.07) is 5.97. The van der Waals surface area contributed by atoms with Crippen LogP contribution in [0.4, 0.5) is 0 Å². The lowest BCUT2D eigenvalue weighted by Gasteiger charge is -2.19. The smallest absolute Gasteiger partial charge is 0.161 e. The summed E-state index contributed by atoms with van der Waals surface area (Å²) in [5, 5.41) is 9.77. The number of ether oxygens (including phenoxy) is 3. The van der Waals surface area contributed by atoms with Gasteiger partial charge in [-0.05, 0) is 37.0 Å². The first kappa shape index (κ1) is 17.8. The molecule has 4 nitrogen and oxygen atoms in total. The monoisotopic (exact) mass is 296 g/mol. The quantitative estimate of drug-likeness (QED) is 0.674. The number of hydrogen-bond donors (Lipinski definition) is 1. The first-order valence-corrected chi connectivity index (χ1v) is 7.59. The molecule has 1 rings (SSSR count). The second-order valence-electron chi connectivity index (χ2n) is 5.29. The highest BCUT2D eigenvalue weighted by Crippen LogP contribution is 2.30. The van der Waals surface area contributed by atoms with E-state index in [1.807, 2.05) is 25.1 Å². The molecule has 1 aromatic carbocycles. The highest BCUT2D eigenvalue weighted by molar-refractivity contribution is 5.43. The molecule has 0 aliphatic rings. The second kappa shape index (κ2) is 9.64. The van der Waals surface area contributed by atoms with Gasteiger partial charge < -0.3 is 19.3 Å². The van der Waals surface area contributed by atoms with Gasteiger partial charge in [-0.25, -0.2) is 0 Å². The lowest BCUT2D eigenvalue weighted by molar-refractivity contribution is 0.123. The van der Waals surface area contributed by atoms with Crippen LogP contribution in [-0.4, -0.2) is 38.6 Å². The Morgan fingerprint density at radius 2 is 1.90 bits per heavy atom. The zero-order valence-corrected chi connectivity index (χ0v) is 13.6. The Kier molecular flexibility index (Phi) is 8.16. The van der Waals surface area contributed by atoms with Crippen molar-refractivity contribution in [3.63, 3.8) is 0 Å². The van der Waals surface area contributed by atoms with E-state index < -0.39 is 0 Å². The Bertz CT molecular complexity index is 404. The fourth-order valence-electron chi connectivity index (χ4n) is 2.31. The van der Waals surface area contributed by atoms with E-state index in [9.17, 15) is 5.11 Å². The minimum atomic E-state index is -0.303. The molecule has 4 heteroatoms. The molecule has 0 fully saturated rings. The summed E-state index contributed by atoms with van der Waals surface area (Å²) in [5.41, 5.74) is 1.16. The van der Waals surface area contributed by atoms with Crippen LogP contribution in [-0.2, 0) is 11.2 Å². The van der Waals surface area contributed by atoms with Gasteiger partial charge in [-0.3, -0.25) is 0 Å². The van der Waals surface area contributed by atoms with Crippen molar-refractivity contribution in [2.24, 2.45) is 5.92 Å². The molecule has 0 bridgehead atoms. The van der Waals surface area contributed by atoms with Gasteiger partial charge in [-0.1, -0.05) is 19.4 Å². The van der Waals surface area contributed by atoms with E-state index in [-0.39, 0.29) is 12.0 Å². The summed E-state index contributed by atoms with van der Waals surface area (Å²) < 4.78 is 16.1. The molecule has 2 atom stereocenters. The van der Waals surface area contributed by atoms with Crippen LogP contribution in [0.25, 0.3) is 0 Å². The van der Waals surface area contributed by atoms with Gasteiger partial charge >= 0.3 is 0 Å². The molecule has 0 radical (unpaired) electrons. The molecule has 0 aliphatic carbocycles. The van der Waals surface area contributed by atoms with Crippen LogP contribution in [0.2, 0.25) is 0 Å². The Balaban J connectivity index is 2.74. The molecule has 1 aromatic rings. The van der Waals surface area contributed by atoms with Crippen LogP contribution in [0.1, 0.15) is 32.3 Å². The summed E-state index contributed by atoms with van der Waals surface area (Å²) in [6.07, 6.45) is 2.33. The molecule has 0 aromatic heterocycles. The summed E-state index contributed by atoms with van der Waals surface area (Å²) in [6.45, 7) is 5.23. The van der Waals surface area contributed by atoms with Crippen molar-refractivity contribution in [2.45, 2.75) is 39.2 Å². The number of hydrogen-bond acceptors (Lipinski definition) is 4. The van der Waals surface area contributed by atoms with Gasteiger partial charge in [-0.2, -0.15) is 0 Å². The van der Waals surface area contributed by atoms with E-state index in [2.05, 4.69) is 6.92 Å². The number of aliphatic hydroxyl groups is 1. The number of aliphatic hydroxyl groups excluding tert-OH is 1. The van der Waals surface area contributed by atoms with Gasteiger partial charge in [-0.15, -0.1) is 0 Å². The van der Waals surface area contributed by atoms with E-state index in [1.54, 1.807) is 14.2 Å². The fourth-order valence-corrected chi connectivity index (χ4v) is 2.31. The van der Waals surface area contributed by atoms with Crippen molar-refractivity contribution >= 4 is 0 Å². The average Bonchev–Trinajstić information content (AvgIpc) is 2.49. The molecular formula is C17H28O4. The Hall–Kier alpha value is -1.26. The summed E-state index contributed by atoms with van der Waals surface area (Å²) in [5.74, 6) is 1.76. The molecule has 0 saturated heterocycles. The average molecular weight is 296 g/mol. The Labute approximate surface area is 128 Å². The molecule has 21 heavy (non-hydrogen) atoms. The first-order chi connectivity index (χ1) is 10.1. The van der Waals surface area contributed by atoms with Crippen LogP contribution >= 0.6 is 0 Å². The van der Waals surface area contributed by atoms with Crippen LogP contribution in [0.15, 0.2) is 18.2 Å². The van der Waals surface area contributed by atoms with Gasteiger partial charge in [0.1, 0.15) is 0 Å². The van der Waals surface area contributed by atoms with Gasteiger partial charge in [0.25, 0.3) is 0 Å². The van der Waals surface area contributed by atoms with Crippen LogP contribution in [0.5, 0.6) is 11.5 Å². The van der Waals surface area contributed by atoms with Crippen molar-refractivity contribution < 1.29 is 19.3 Å². The number of rotatable bonds is 10. The molecule has 0 heterocycles. The van der Waals surface area contributed by atoms with Crippen molar-refractivity contribution in [2.75, 3.05) is 27.4 Å². The third kappa shape index (κ3) is 5.94. The lowest BCUT2D eigenvalue weighted by atomic mass is 9.92. The van der Waals surface area contributed by atoms with Crippen molar-refractivity contribution in [1.29, 1.82) is 0 Å². The maximum atomic E-state index is 9.77. The number of methoxy groups -OCH3 is 2. The van der Waals surface area contributed by atoms with E-state index in [0.717, 1.165) is 36.3 Å². The molecule has 2 unspecified atom stereocenters. The molecule has 0 spiro atoms. The highest BCUT2D eigenvalue weighted by atomic mass is 16.5. The molecule has 1 N–H and O–H groups in total. The SMILES string of the molecule is CCC(Cc1ccc(OC)c(OCCCOC)c1)C(C)O. The highest BCUT2D eigenvalue weighted by Gasteiger charge is 2.15. The lowest BCUT2D eigenvalue weighted by Crippen LogP contribution is -2.18. The van der Waals surface area contributed by atoms with E-state index in [4.69, 9.17) is 14.2 Å². The summed E-state index contributed by atoms with van der Waals surface area (Å²) >= 11 is 0. The standard InChI is InChI=1S/C17H28O4/c1-5-15(13(2)18)11-14-7-8-16(20-4)17(12-14)21-10-6-9-19-3/h7-8,12-13,15,18H,5-6,9-11H2,1-4H3. The summed E-state index contributed by atoms with van der Waals surface area (Å²) in [7, 11) is 3.32. The normalized spacial score (nSPS) is 13.8. The van der Waals surface area contributed by atoms with Gasteiger partial charge in [0.15, 0.2) is 11.5 Å². The van der Waals surface area contributed by atoms with E-state index >= 15 is 0 Å². The van der Waals surface area contributed by atoms with Crippen molar-refractivity contribution in [3.8, 4) is 11.5 Å². The Morgan fingerprint density at radius 3 is 2.48 bits per heavy atom. The third-order valence-corrected chi connectivity index (χ3v) is 3.68. The first-order valence-electron chi connectivity index (χ1n) is 7.59. The third-order valence-electron chi connectivity index (χ3n) is 3.68. The molecular weight excluding hydrogens is 268 g/mol. The van der Waals surface area contributed by atoms with Crippen LogP contribution in [0, 0.1) is 5.92 Å². The van der Waals surface area contributed by atoms with Crippen LogP contribution in [0.3, 0.4) is 0 Å². The predicted octanol–water partition coefficient (Wildman–Crippen LogP) is 3.06. The number of benzene rings is 1. The fraction of sp³-hybridized carbons (Fsp3) is 0.647. The van der Waals surface area contributed by atoms with Crippen LogP contribution < -0.4 is 9.47 Å². The molecule has 0 amide bonds. The largest absolute Gasteiger partial charge is 0.493 e.